The van der Waals surface area contributed by atoms with Gasteiger partial charge in [-0.05, 0) is 42.2 Å². The Morgan fingerprint density at radius 1 is 1.20 bits per heavy atom. The molecule has 1 aliphatic heterocycles. The van der Waals surface area contributed by atoms with Crippen LogP contribution in [0.3, 0.4) is 0 Å². The van der Waals surface area contributed by atoms with Crippen molar-refractivity contribution < 1.29 is 4.74 Å². The van der Waals surface area contributed by atoms with E-state index in [2.05, 4.69) is 46.4 Å². The summed E-state index contributed by atoms with van der Waals surface area (Å²) >= 11 is 0. The SMILES string of the molecule is c1ccc2c(c1)C[C@@H](Cc1ccc3nc[nH]c3c1)CO2. The number of para-hydroxylation sites is 1. The third-order valence-electron chi connectivity index (χ3n) is 3.96. The van der Waals surface area contributed by atoms with E-state index in [9.17, 15) is 0 Å². The maximum Gasteiger partial charge on any atom is 0.122 e. The molecule has 0 saturated carbocycles. The number of aromatic amines is 1. The van der Waals surface area contributed by atoms with Gasteiger partial charge in [-0.25, -0.2) is 4.98 Å². The number of benzene rings is 2. The molecule has 4 rings (SSSR count). The monoisotopic (exact) mass is 264 g/mol. The molecule has 100 valence electrons. The Labute approximate surface area is 117 Å². The van der Waals surface area contributed by atoms with Crippen LogP contribution in [0.1, 0.15) is 11.1 Å². The smallest absolute Gasteiger partial charge is 0.122 e. The average molecular weight is 264 g/mol. The molecule has 0 radical (unpaired) electrons. The number of nitrogens with zero attached hydrogens (tertiary/aromatic N) is 1. The molecule has 0 amide bonds. The minimum atomic E-state index is 0.547. The second-order valence-corrected chi connectivity index (χ2v) is 5.45. The third kappa shape index (κ3) is 2.05. The molecule has 0 spiro atoms. The van der Waals surface area contributed by atoms with E-state index in [0.29, 0.717) is 5.92 Å². The topological polar surface area (TPSA) is 37.9 Å². The van der Waals surface area contributed by atoms with E-state index < -0.39 is 0 Å². The Kier molecular flexibility index (Phi) is 2.69. The Bertz CT molecular complexity index is 747. The van der Waals surface area contributed by atoms with Gasteiger partial charge in [0.05, 0.1) is 24.0 Å². The molecule has 1 aliphatic rings. The molecule has 20 heavy (non-hydrogen) atoms. The molecule has 2 heterocycles. The van der Waals surface area contributed by atoms with Gasteiger partial charge in [0.2, 0.25) is 0 Å². The van der Waals surface area contributed by atoms with Gasteiger partial charge in [-0.3, -0.25) is 0 Å². The molecule has 0 fully saturated rings. The van der Waals surface area contributed by atoms with Crippen molar-refractivity contribution in [2.24, 2.45) is 5.92 Å². The van der Waals surface area contributed by atoms with E-state index >= 15 is 0 Å². The van der Waals surface area contributed by atoms with Gasteiger partial charge < -0.3 is 9.72 Å². The number of fused-ring (bicyclic) bond motifs is 2. The highest BCUT2D eigenvalue weighted by atomic mass is 16.5. The van der Waals surface area contributed by atoms with Crippen LogP contribution >= 0.6 is 0 Å². The first-order valence-electron chi connectivity index (χ1n) is 7.01. The fraction of sp³-hybridized carbons (Fsp3) is 0.235. The van der Waals surface area contributed by atoms with Crippen LogP contribution in [0.4, 0.5) is 0 Å². The molecule has 3 heteroatoms. The zero-order valence-corrected chi connectivity index (χ0v) is 11.2. The largest absolute Gasteiger partial charge is 0.493 e. The lowest BCUT2D eigenvalue weighted by Crippen LogP contribution is -2.22. The summed E-state index contributed by atoms with van der Waals surface area (Å²) in [6, 6.07) is 14.8. The lowest BCUT2D eigenvalue weighted by atomic mass is 9.91. The Morgan fingerprint density at radius 3 is 3.15 bits per heavy atom. The summed E-state index contributed by atoms with van der Waals surface area (Å²) in [5.41, 5.74) is 4.81. The molecule has 0 bridgehead atoms. The molecule has 0 saturated heterocycles. The fourth-order valence-electron chi connectivity index (χ4n) is 2.96. The second kappa shape index (κ2) is 4.67. The standard InChI is InChI=1S/C17H16N2O/c1-2-4-17-14(3-1)8-13(10-20-17)7-12-5-6-15-16(9-12)19-11-18-15/h1-6,9,11,13H,7-8,10H2,(H,18,19)/t13-/m1/s1. The summed E-state index contributed by atoms with van der Waals surface area (Å²) in [5.74, 6) is 1.60. The minimum Gasteiger partial charge on any atom is -0.493 e. The summed E-state index contributed by atoms with van der Waals surface area (Å²) < 4.78 is 5.86. The number of hydrogen-bond donors (Lipinski definition) is 1. The van der Waals surface area contributed by atoms with Crippen molar-refractivity contribution in [3.8, 4) is 5.75 Å². The number of ether oxygens (including phenoxy) is 1. The molecular formula is C17H16N2O. The van der Waals surface area contributed by atoms with Crippen molar-refractivity contribution in [3.63, 3.8) is 0 Å². The van der Waals surface area contributed by atoms with Gasteiger partial charge in [-0.1, -0.05) is 24.3 Å². The summed E-state index contributed by atoms with van der Waals surface area (Å²) in [7, 11) is 0. The van der Waals surface area contributed by atoms with Crippen molar-refractivity contribution in [1.82, 2.24) is 9.97 Å². The minimum absolute atomic E-state index is 0.547. The number of aromatic nitrogens is 2. The lowest BCUT2D eigenvalue weighted by molar-refractivity contribution is 0.221. The number of hydrogen-bond acceptors (Lipinski definition) is 2. The Balaban J connectivity index is 1.55. The first-order chi connectivity index (χ1) is 9.88. The molecular weight excluding hydrogens is 248 g/mol. The van der Waals surface area contributed by atoms with Crippen LogP contribution in [-0.4, -0.2) is 16.6 Å². The van der Waals surface area contributed by atoms with Crippen LogP contribution in [-0.2, 0) is 12.8 Å². The molecule has 3 nitrogen and oxygen atoms in total. The van der Waals surface area contributed by atoms with Crippen LogP contribution in [0.15, 0.2) is 48.8 Å². The third-order valence-corrected chi connectivity index (χ3v) is 3.96. The number of nitrogens with one attached hydrogen (secondary N) is 1. The van der Waals surface area contributed by atoms with E-state index in [0.717, 1.165) is 36.2 Å². The van der Waals surface area contributed by atoms with Crippen molar-refractivity contribution in [3.05, 3.63) is 59.9 Å². The molecule has 2 aromatic carbocycles. The Hall–Kier alpha value is -2.29. The summed E-state index contributed by atoms with van der Waals surface area (Å²) in [6.07, 6.45) is 3.88. The van der Waals surface area contributed by atoms with Gasteiger partial charge in [0.1, 0.15) is 5.75 Å². The highest BCUT2D eigenvalue weighted by molar-refractivity contribution is 5.75. The Morgan fingerprint density at radius 2 is 2.15 bits per heavy atom. The van der Waals surface area contributed by atoms with Crippen LogP contribution in [0, 0.1) is 5.92 Å². The van der Waals surface area contributed by atoms with Gasteiger partial charge in [0, 0.05) is 5.92 Å². The maximum atomic E-state index is 5.86. The van der Waals surface area contributed by atoms with Gasteiger partial charge >= 0.3 is 0 Å². The summed E-state index contributed by atoms with van der Waals surface area (Å²) in [6.45, 7) is 0.804. The van der Waals surface area contributed by atoms with Gasteiger partial charge in [-0.15, -0.1) is 0 Å². The zero-order valence-electron chi connectivity index (χ0n) is 11.2. The molecule has 1 N–H and O–H groups in total. The predicted molar refractivity (Wildman–Crippen MR) is 78.9 cm³/mol. The second-order valence-electron chi connectivity index (χ2n) is 5.45. The molecule has 1 atom stereocenters. The van der Waals surface area contributed by atoms with Crippen LogP contribution in [0.25, 0.3) is 11.0 Å². The van der Waals surface area contributed by atoms with Crippen LogP contribution in [0.5, 0.6) is 5.75 Å². The van der Waals surface area contributed by atoms with Crippen molar-refractivity contribution in [1.29, 1.82) is 0 Å². The molecule has 0 unspecified atom stereocenters. The fourth-order valence-corrected chi connectivity index (χ4v) is 2.96. The van der Waals surface area contributed by atoms with E-state index in [-0.39, 0.29) is 0 Å². The number of imidazole rings is 1. The van der Waals surface area contributed by atoms with Gasteiger partial charge in [0.25, 0.3) is 0 Å². The summed E-state index contributed by atoms with van der Waals surface area (Å²) in [5, 5.41) is 0. The first-order valence-corrected chi connectivity index (χ1v) is 7.01. The van der Waals surface area contributed by atoms with Crippen molar-refractivity contribution in [2.45, 2.75) is 12.8 Å². The highest BCUT2D eigenvalue weighted by Gasteiger charge is 2.19. The van der Waals surface area contributed by atoms with E-state index in [1.54, 1.807) is 6.33 Å². The highest BCUT2D eigenvalue weighted by Crippen LogP contribution is 2.28. The van der Waals surface area contributed by atoms with E-state index in [4.69, 9.17) is 4.74 Å². The van der Waals surface area contributed by atoms with Crippen molar-refractivity contribution >= 4 is 11.0 Å². The predicted octanol–water partition coefficient (Wildman–Crippen LogP) is 3.36. The zero-order chi connectivity index (χ0) is 13.4. The normalized spacial score (nSPS) is 17.7. The van der Waals surface area contributed by atoms with Crippen LogP contribution in [0.2, 0.25) is 0 Å². The quantitative estimate of drug-likeness (QED) is 0.770. The van der Waals surface area contributed by atoms with E-state index in [1.165, 1.54) is 11.1 Å². The number of rotatable bonds is 2. The first kappa shape index (κ1) is 11.5. The van der Waals surface area contributed by atoms with Crippen molar-refractivity contribution in [2.75, 3.05) is 6.61 Å². The number of H-pyrrole nitrogens is 1. The lowest BCUT2D eigenvalue weighted by Gasteiger charge is -2.25. The average Bonchev–Trinajstić information content (AvgIpc) is 2.95. The van der Waals surface area contributed by atoms with E-state index in [1.807, 2.05) is 6.07 Å². The van der Waals surface area contributed by atoms with Gasteiger partial charge in [0.15, 0.2) is 0 Å². The van der Waals surface area contributed by atoms with Gasteiger partial charge in [-0.2, -0.15) is 0 Å². The molecule has 0 aliphatic carbocycles. The summed E-state index contributed by atoms with van der Waals surface area (Å²) in [4.78, 5) is 7.43. The van der Waals surface area contributed by atoms with Crippen LogP contribution < -0.4 is 4.74 Å². The molecule has 3 aromatic rings. The molecule has 1 aromatic heterocycles. The maximum absolute atomic E-state index is 5.86.